The summed E-state index contributed by atoms with van der Waals surface area (Å²) in [7, 11) is 0. The Hall–Kier alpha value is -2.38. The van der Waals surface area contributed by atoms with Gasteiger partial charge in [-0.25, -0.2) is 9.48 Å². The molecular weight excluding hydrogens is 275 g/mol. The number of rotatable bonds is 3. The molecule has 5 nitrogen and oxygen atoms in total. The number of hydrogen-bond acceptors (Lipinski definition) is 3. The third-order valence-corrected chi connectivity index (χ3v) is 2.66. The van der Waals surface area contributed by atoms with E-state index >= 15 is 0 Å². The molecule has 0 saturated carbocycles. The summed E-state index contributed by atoms with van der Waals surface area (Å²) in [5, 5.41) is 15.1. The molecule has 0 aliphatic carbocycles. The van der Waals surface area contributed by atoms with Crippen LogP contribution in [-0.2, 0) is 12.7 Å². The Morgan fingerprint density at radius 2 is 1.90 bits per heavy atom. The molecule has 1 aromatic carbocycles. The second kappa shape index (κ2) is 4.95. The van der Waals surface area contributed by atoms with Gasteiger partial charge < -0.3 is 5.11 Å². The SMILES string of the molecule is Cc1ccc(Cn2nnc(C(F)(F)F)c2C(=O)O)cc1. The zero-order valence-corrected chi connectivity index (χ0v) is 10.3. The Labute approximate surface area is 111 Å². The normalized spacial score (nSPS) is 11.6. The lowest BCUT2D eigenvalue weighted by molar-refractivity contribution is -0.141. The molecule has 106 valence electrons. The van der Waals surface area contributed by atoms with Gasteiger partial charge in [0, 0.05) is 0 Å². The molecule has 2 aromatic rings. The Balaban J connectivity index is 2.40. The molecule has 0 spiro atoms. The van der Waals surface area contributed by atoms with Gasteiger partial charge in [0.05, 0.1) is 6.54 Å². The number of hydrogen-bond donors (Lipinski definition) is 1. The average molecular weight is 285 g/mol. The van der Waals surface area contributed by atoms with Gasteiger partial charge in [0.15, 0.2) is 5.69 Å². The summed E-state index contributed by atoms with van der Waals surface area (Å²) >= 11 is 0. The highest BCUT2D eigenvalue weighted by atomic mass is 19.4. The number of aryl methyl sites for hydroxylation is 1. The molecule has 0 amide bonds. The summed E-state index contributed by atoms with van der Waals surface area (Å²) in [5.74, 6) is -1.71. The molecule has 0 fully saturated rings. The van der Waals surface area contributed by atoms with Crippen LogP contribution in [0.2, 0.25) is 0 Å². The van der Waals surface area contributed by atoms with E-state index in [1.807, 2.05) is 6.92 Å². The molecule has 1 heterocycles. The topological polar surface area (TPSA) is 68.0 Å². The number of carboxylic acid groups (broad SMARTS) is 1. The van der Waals surface area contributed by atoms with Gasteiger partial charge in [-0.2, -0.15) is 13.2 Å². The summed E-state index contributed by atoms with van der Waals surface area (Å²) in [5.41, 5.74) is -0.825. The Morgan fingerprint density at radius 1 is 1.30 bits per heavy atom. The van der Waals surface area contributed by atoms with Crippen LogP contribution in [0.25, 0.3) is 0 Å². The fraction of sp³-hybridized carbons (Fsp3) is 0.250. The van der Waals surface area contributed by atoms with Crippen molar-refractivity contribution in [2.45, 2.75) is 19.6 Å². The smallest absolute Gasteiger partial charge is 0.437 e. The molecule has 2 rings (SSSR count). The number of carboxylic acids is 1. The standard InChI is InChI=1S/C12H10F3N3O2/c1-7-2-4-8(5-3-7)6-18-9(11(19)20)10(16-17-18)12(13,14)15/h2-5H,6H2,1H3,(H,19,20). The third kappa shape index (κ3) is 2.79. The lowest BCUT2D eigenvalue weighted by atomic mass is 10.1. The van der Waals surface area contributed by atoms with E-state index < -0.39 is 23.5 Å². The lowest BCUT2D eigenvalue weighted by Gasteiger charge is -2.06. The minimum atomic E-state index is -4.85. The fourth-order valence-electron chi connectivity index (χ4n) is 1.69. The van der Waals surface area contributed by atoms with E-state index in [4.69, 9.17) is 5.11 Å². The molecule has 0 radical (unpaired) electrons. The first kappa shape index (κ1) is 14.0. The summed E-state index contributed by atoms with van der Waals surface area (Å²) < 4.78 is 38.6. The van der Waals surface area contributed by atoms with Crippen molar-refractivity contribution in [3.05, 3.63) is 46.8 Å². The first-order valence-electron chi connectivity index (χ1n) is 5.58. The molecule has 20 heavy (non-hydrogen) atoms. The number of alkyl halides is 3. The van der Waals surface area contributed by atoms with Crippen LogP contribution in [0.1, 0.15) is 27.3 Å². The van der Waals surface area contributed by atoms with Gasteiger partial charge >= 0.3 is 12.1 Å². The number of nitrogens with zero attached hydrogens (tertiary/aromatic N) is 3. The van der Waals surface area contributed by atoms with E-state index in [2.05, 4.69) is 10.3 Å². The van der Waals surface area contributed by atoms with Crippen LogP contribution in [0.4, 0.5) is 13.2 Å². The second-order valence-corrected chi connectivity index (χ2v) is 4.23. The first-order valence-corrected chi connectivity index (χ1v) is 5.58. The van der Waals surface area contributed by atoms with E-state index in [1.165, 1.54) is 0 Å². The largest absolute Gasteiger partial charge is 0.476 e. The maximum Gasteiger partial charge on any atom is 0.437 e. The predicted molar refractivity (Wildman–Crippen MR) is 62.3 cm³/mol. The van der Waals surface area contributed by atoms with E-state index in [-0.39, 0.29) is 6.54 Å². The maximum atomic E-state index is 12.6. The molecule has 0 aliphatic heterocycles. The van der Waals surface area contributed by atoms with Crippen molar-refractivity contribution < 1.29 is 23.1 Å². The van der Waals surface area contributed by atoms with Crippen LogP contribution in [0.5, 0.6) is 0 Å². The third-order valence-electron chi connectivity index (χ3n) is 2.66. The van der Waals surface area contributed by atoms with Gasteiger partial charge in [0.1, 0.15) is 0 Å². The van der Waals surface area contributed by atoms with Crippen LogP contribution >= 0.6 is 0 Å². The Bertz CT molecular complexity index is 632. The summed E-state index contributed by atoms with van der Waals surface area (Å²) in [6.45, 7) is 1.77. The van der Waals surface area contributed by atoms with E-state index in [0.717, 1.165) is 10.2 Å². The zero-order chi connectivity index (χ0) is 14.9. The van der Waals surface area contributed by atoms with Crippen molar-refractivity contribution in [2.24, 2.45) is 0 Å². The van der Waals surface area contributed by atoms with Crippen LogP contribution in [0.15, 0.2) is 24.3 Å². The minimum absolute atomic E-state index is 0.0923. The summed E-state index contributed by atoms with van der Waals surface area (Å²) in [4.78, 5) is 11.0. The molecule has 1 N–H and O–H groups in total. The predicted octanol–water partition coefficient (Wildman–Crippen LogP) is 2.35. The Morgan fingerprint density at radius 3 is 2.40 bits per heavy atom. The highest BCUT2D eigenvalue weighted by molar-refractivity contribution is 5.87. The molecule has 0 unspecified atom stereocenters. The van der Waals surface area contributed by atoms with Crippen molar-refractivity contribution in [1.82, 2.24) is 15.0 Å². The average Bonchev–Trinajstić information content (AvgIpc) is 2.75. The maximum absolute atomic E-state index is 12.6. The number of carbonyl (C=O) groups is 1. The van der Waals surface area contributed by atoms with E-state index in [9.17, 15) is 18.0 Å². The van der Waals surface area contributed by atoms with Gasteiger partial charge in [0.25, 0.3) is 0 Å². The summed E-state index contributed by atoms with van der Waals surface area (Å²) in [6.07, 6.45) is -4.85. The van der Waals surface area contributed by atoms with Gasteiger partial charge in [-0.05, 0) is 12.5 Å². The lowest BCUT2D eigenvalue weighted by Crippen LogP contribution is -2.17. The van der Waals surface area contributed by atoms with Crippen LogP contribution in [0, 0.1) is 6.92 Å². The van der Waals surface area contributed by atoms with Gasteiger partial charge in [-0.3, -0.25) is 0 Å². The molecule has 1 aromatic heterocycles. The van der Waals surface area contributed by atoms with Gasteiger partial charge in [0.2, 0.25) is 5.69 Å². The number of aromatic nitrogens is 3. The first-order chi connectivity index (χ1) is 9.29. The van der Waals surface area contributed by atoms with Crippen LogP contribution in [0.3, 0.4) is 0 Å². The fourth-order valence-corrected chi connectivity index (χ4v) is 1.69. The van der Waals surface area contributed by atoms with Gasteiger partial charge in [-0.15, -0.1) is 5.10 Å². The highest BCUT2D eigenvalue weighted by Gasteiger charge is 2.41. The van der Waals surface area contributed by atoms with E-state index in [0.29, 0.717) is 5.56 Å². The molecule has 0 atom stereocenters. The minimum Gasteiger partial charge on any atom is -0.476 e. The molecule has 0 bridgehead atoms. The van der Waals surface area contributed by atoms with Crippen molar-refractivity contribution in [3.63, 3.8) is 0 Å². The molecule has 0 saturated heterocycles. The van der Waals surface area contributed by atoms with Crippen molar-refractivity contribution >= 4 is 5.97 Å². The highest BCUT2D eigenvalue weighted by Crippen LogP contribution is 2.30. The number of halogens is 3. The zero-order valence-electron chi connectivity index (χ0n) is 10.3. The molecule has 0 aliphatic rings. The van der Waals surface area contributed by atoms with Gasteiger partial charge in [-0.1, -0.05) is 35.0 Å². The van der Waals surface area contributed by atoms with Crippen molar-refractivity contribution in [1.29, 1.82) is 0 Å². The molecule has 8 heteroatoms. The van der Waals surface area contributed by atoms with Crippen molar-refractivity contribution in [2.75, 3.05) is 0 Å². The van der Waals surface area contributed by atoms with E-state index in [1.54, 1.807) is 24.3 Å². The van der Waals surface area contributed by atoms with Crippen LogP contribution in [-0.4, -0.2) is 26.1 Å². The monoisotopic (exact) mass is 285 g/mol. The Kier molecular flexibility index (Phi) is 3.47. The van der Waals surface area contributed by atoms with Crippen molar-refractivity contribution in [3.8, 4) is 0 Å². The van der Waals surface area contributed by atoms with Crippen LogP contribution < -0.4 is 0 Å². The molecular formula is C12H10F3N3O2. The quantitative estimate of drug-likeness (QED) is 0.940. The second-order valence-electron chi connectivity index (χ2n) is 4.23. The number of aromatic carboxylic acids is 1. The number of benzene rings is 1. The summed E-state index contributed by atoms with van der Waals surface area (Å²) in [6, 6.07) is 6.93.